The van der Waals surface area contributed by atoms with Gasteiger partial charge in [-0.2, -0.15) is 0 Å². The van der Waals surface area contributed by atoms with Gasteiger partial charge < -0.3 is 20.3 Å². The number of ether oxygens (including phenoxy) is 1. The molecule has 0 spiro atoms. The maximum Gasteiger partial charge on any atom is 0.407 e. The van der Waals surface area contributed by atoms with Crippen molar-refractivity contribution in [3.63, 3.8) is 0 Å². The van der Waals surface area contributed by atoms with Crippen LogP contribution in [-0.2, 0) is 9.53 Å². The van der Waals surface area contributed by atoms with Crippen molar-refractivity contribution in [2.75, 3.05) is 13.2 Å². The summed E-state index contributed by atoms with van der Waals surface area (Å²) in [6.45, 7) is -0.133. The van der Waals surface area contributed by atoms with Crippen molar-refractivity contribution in [2.24, 2.45) is 5.92 Å². The van der Waals surface area contributed by atoms with Crippen LogP contribution >= 0.6 is 0 Å². The molecule has 1 fully saturated rings. The Labute approximate surface area is 175 Å². The van der Waals surface area contributed by atoms with Crippen molar-refractivity contribution < 1.29 is 24.5 Å². The minimum absolute atomic E-state index is 0.0414. The molecule has 2 aromatic rings. The van der Waals surface area contributed by atoms with Crippen LogP contribution in [0.5, 0.6) is 0 Å². The molecular weight excluding hydrogens is 382 g/mol. The maximum atomic E-state index is 12.4. The number of carboxylic acids is 1. The molecule has 3 N–H and O–H groups in total. The minimum atomic E-state index is -0.864. The number of aliphatic hydroxyl groups is 1. The molecule has 4 rings (SSSR count). The molecule has 6 heteroatoms. The Morgan fingerprint density at radius 3 is 2.33 bits per heavy atom. The second-order valence-electron chi connectivity index (χ2n) is 7.78. The number of carbonyl (C=O) groups excluding carboxylic acids is 1. The van der Waals surface area contributed by atoms with Crippen molar-refractivity contribution in [1.82, 2.24) is 5.32 Å². The van der Waals surface area contributed by atoms with Gasteiger partial charge in [0.05, 0.1) is 18.6 Å². The Morgan fingerprint density at radius 1 is 1.10 bits per heavy atom. The van der Waals surface area contributed by atoms with Crippen LogP contribution in [0.1, 0.15) is 36.3 Å². The maximum absolute atomic E-state index is 12.4. The summed E-state index contributed by atoms with van der Waals surface area (Å²) in [5, 5.41) is 21.6. The lowest BCUT2D eigenvalue weighted by Crippen LogP contribution is -2.37. The summed E-state index contributed by atoms with van der Waals surface area (Å²) in [7, 11) is 0. The van der Waals surface area contributed by atoms with E-state index in [1.165, 1.54) is 0 Å². The molecule has 30 heavy (non-hydrogen) atoms. The zero-order valence-corrected chi connectivity index (χ0v) is 16.6. The first-order valence-corrected chi connectivity index (χ1v) is 10.2. The Hall–Kier alpha value is -3.12. The minimum Gasteiger partial charge on any atom is -0.481 e. The van der Waals surface area contributed by atoms with Gasteiger partial charge in [-0.15, -0.1) is 0 Å². The lowest BCUT2D eigenvalue weighted by molar-refractivity contribution is -0.140. The van der Waals surface area contributed by atoms with Gasteiger partial charge in [0.1, 0.15) is 6.61 Å². The van der Waals surface area contributed by atoms with Gasteiger partial charge in [0.2, 0.25) is 0 Å². The first kappa shape index (κ1) is 20.2. The highest BCUT2D eigenvalue weighted by molar-refractivity contribution is 5.79. The van der Waals surface area contributed by atoms with Crippen molar-refractivity contribution >= 4 is 12.1 Å². The highest BCUT2D eigenvalue weighted by Gasteiger charge is 2.30. The lowest BCUT2D eigenvalue weighted by Gasteiger charge is -2.18. The molecular formula is C24H25NO5. The topological polar surface area (TPSA) is 95.9 Å². The summed E-state index contributed by atoms with van der Waals surface area (Å²) < 4.78 is 5.50. The SMILES string of the molecule is O=C(N[C@@H](C=C1CCC[C@H]1C(=O)O)CO)OCC1c2ccccc2-c2ccccc21. The number of fused-ring (bicyclic) bond motifs is 3. The van der Waals surface area contributed by atoms with E-state index in [0.717, 1.165) is 34.2 Å². The van der Waals surface area contributed by atoms with E-state index in [1.54, 1.807) is 6.08 Å². The van der Waals surface area contributed by atoms with Gasteiger partial charge in [-0.3, -0.25) is 4.79 Å². The fourth-order valence-corrected chi connectivity index (χ4v) is 4.54. The summed E-state index contributed by atoms with van der Waals surface area (Å²) in [6.07, 6.45) is 3.08. The molecule has 1 amide bonds. The molecule has 0 aliphatic heterocycles. The number of hydrogen-bond acceptors (Lipinski definition) is 4. The Morgan fingerprint density at radius 2 is 1.73 bits per heavy atom. The van der Waals surface area contributed by atoms with Gasteiger partial charge in [0.25, 0.3) is 0 Å². The predicted molar refractivity (Wildman–Crippen MR) is 112 cm³/mol. The van der Waals surface area contributed by atoms with Crippen LogP contribution in [-0.4, -0.2) is 41.5 Å². The van der Waals surface area contributed by atoms with E-state index in [1.807, 2.05) is 36.4 Å². The molecule has 0 radical (unpaired) electrons. The number of alkyl carbamates (subject to hydrolysis) is 1. The fourth-order valence-electron chi connectivity index (χ4n) is 4.54. The van der Waals surface area contributed by atoms with Crippen molar-refractivity contribution in [2.45, 2.75) is 31.2 Å². The third-order valence-electron chi connectivity index (χ3n) is 5.96. The average Bonchev–Trinajstić information content (AvgIpc) is 3.34. The van der Waals surface area contributed by atoms with E-state index in [9.17, 15) is 19.8 Å². The second-order valence-corrected chi connectivity index (χ2v) is 7.78. The van der Waals surface area contributed by atoms with Crippen LogP contribution in [0.2, 0.25) is 0 Å². The van der Waals surface area contributed by atoms with E-state index in [2.05, 4.69) is 17.4 Å². The Bertz CT molecular complexity index is 938. The predicted octanol–water partition coefficient (Wildman–Crippen LogP) is 3.70. The highest BCUT2D eigenvalue weighted by atomic mass is 16.5. The summed E-state index contributed by atoms with van der Waals surface area (Å²) in [5.74, 6) is -1.44. The number of carbonyl (C=O) groups is 2. The largest absolute Gasteiger partial charge is 0.481 e. The van der Waals surface area contributed by atoms with Crippen molar-refractivity contribution in [3.8, 4) is 11.1 Å². The summed E-state index contributed by atoms with van der Waals surface area (Å²) >= 11 is 0. The van der Waals surface area contributed by atoms with E-state index < -0.39 is 24.0 Å². The number of aliphatic carboxylic acids is 1. The standard InChI is InChI=1S/C24H25NO5/c26-13-16(12-15-6-5-11-17(15)23(27)28)25-24(29)30-14-22-20-9-3-1-7-18(20)19-8-2-4-10-21(19)22/h1-4,7-10,12,16-17,22,26H,5-6,11,13-14H2,(H,25,29)(H,27,28)/t16-,17+/m0/s1. The molecule has 2 aliphatic rings. The van der Waals surface area contributed by atoms with Crippen LogP contribution < -0.4 is 5.32 Å². The Balaban J connectivity index is 1.42. The molecule has 2 aromatic carbocycles. The lowest BCUT2D eigenvalue weighted by atomic mass is 9.98. The van der Waals surface area contributed by atoms with Gasteiger partial charge in [0.15, 0.2) is 0 Å². The Kier molecular flexibility index (Phi) is 5.86. The first-order valence-electron chi connectivity index (χ1n) is 10.2. The molecule has 1 saturated carbocycles. The zero-order chi connectivity index (χ0) is 21.1. The average molecular weight is 407 g/mol. The number of nitrogens with one attached hydrogen (secondary N) is 1. The van der Waals surface area contributed by atoms with E-state index in [-0.39, 0.29) is 19.1 Å². The van der Waals surface area contributed by atoms with Crippen LogP contribution in [0.15, 0.2) is 60.2 Å². The fraction of sp³-hybridized carbons (Fsp3) is 0.333. The number of aliphatic hydroxyl groups excluding tert-OH is 1. The zero-order valence-electron chi connectivity index (χ0n) is 16.6. The van der Waals surface area contributed by atoms with Gasteiger partial charge in [0, 0.05) is 5.92 Å². The van der Waals surface area contributed by atoms with E-state index in [0.29, 0.717) is 12.8 Å². The third-order valence-corrected chi connectivity index (χ3v) is 5.96. The molecule has 0 bridgehead atoms. The summed E-state index contributed by atoms with van der Waals surface area (Å²) in [5.41, 5.74) is 5.31. The number of rotatable bonds is 6. The number of hydrogen-bond donors (Lipinski definition) is 3. The molecule has 6 nitrogen and oxygen atoms in total. The van der Waals surface area contributed by atoms with Gasteiger partial charge in [-0.25, -0.2) is 4.79 Å². The first-order chi connectivity index (χ1) is 14.6. The molecule has 2 atom stereocenters. The number of amides is 1. The molecule has 0 heterocycles. The molecule has 156 valence electrons. The third kappa shape index (κ3) is 3.96. The normalized spacial score (nSPS) is 19.9. The summed E-state index contributed by atoms with van der Waals surface area (Å²) in [4.78, 5) is 23.7. The molecule has 0 saturated heterocycles. The summed E-state index contributed by atoms with van der Waals surface area (Å²) in [6, 6.07) is 15.5. The number of carboxylic acid groups (broad SMARTS) is 1. The van der Waals surface area contributed by atoms with Gasteiger partial charge >= 0.3 is 12.1 Å². The molecule has 0 aromatic heterocycles. The monoisotopic (exact) mass is 407 g/mol. The van der Waals surface area contributed by atoms with E-state index in [4.69, 9.17) is 4.74 Å². The van der Waals surface area contributed by atoms with Gasteiger partial charge in [-0.1, -0.05) is 60.2 Å². The van der Waals surface area contributed by atoms with Crippen LogP contribution in [0.3, 0.4) is 0 Å². The second kappa shape index (κ2) is 8.71. The smallest absolute Gasteiger partial charge is 0.407 e. The van der Waals surface area contributed by atoms with Crippen LogP contribution in [0.25, 0.3) is 11.1 Å². The quantitative estimate of drug-likeness (QED) is 0.635. The number of benzene rings is 2. The van der Waals surface area contributed by atoms with Crippen LogP contribution in [0.4, 0.5) is 4.79 Å². The van der Waals surface area contributed by atoms with Crippen LogP contribution in [0, 0.1) is 5.92 Å². The van der Waals surface area contributed by atoms with Crippen molar-refractivity contribution in [3.05, 3.63) is 71.3 Å². The van der Waals surface area contributed by atoms with Gasteiger partial charge in [-0.05, 0) is 41.5 Å². The van der Waals surface area contributed by atoms with Crippen molar-refractivity contribution in [1.29, 1.82) is 0 Å². The molecule has 2 aliphatic carbocycles. The molecule has 0 unspecified atom stereocenters. The van der Waals surface area contributed by atoms with E-state index >= 15 is 0 Å². The highest BCUT2D eigenvalue weighted by Crippen LogP contribution is 2.44.